The molecule has 1 amide bonds. The van der Waals surface area contributed by atoms with Gasteiger partial charge in [0.05, 0.1) is 6.04 Å². The first-order valence-electron chi connectivity index (χ1n) is 7.28. The normalized spacial score (nSPS) is 18.7. The highest BCUT2D eigenvalue weighted by molar-refractivity contribution is 7.88. The van der Waals surface area contributed by atoms with E-state index in [9.17, 15) is 13.2 Å². The lowest BCUT2D eigenvalue weighted by molar-refractivity contribution is 0.0699. The van der Waals surface area contributed by atoms with Crippen LogP contribution in [0.15, 0.2) is 39.2 Å². The summed E-state index contributed by atoms with van der Waals surface area (Å²) in [6.45, 7) is 0.651. The minimum absolute atomic E-state index is 0.0431. The molecule has 23 heavy (non-hydrogen) atoms. The molecule has 0 N–H and O–H groups in total. The van der Waals surface area contributed by atoms with Crippen LogP contribution in [0, 0.1) is 0 Å². The summed E-state index contributed by atoms with van der Waals surface area (Å²) in [5, 5.41) is 1.78. The Morgan fingerprint density at radius 1 is 1.35 bits per heavy atom. The molecule has 1 fully saturated rings. The van der Waals surface area contributed by atoms with Crippen LogP contribution in [0.4, 0.5) is 0 Å². The minimum atomic E-state index is -3.67. The van der Waals surface area contributed by atoms with E-state index in [1.807, 2.05) is 17.5 Å². The number of sulfonamides is 1. The Morgan fingerprint density at radius 3 is 2.78 bits per heavy atom. The number of carbonyl (C=O) groups is 1. The predicted octanol–water partition coefficient (Wildman–Crippen LogP) is 2.57. The summed E-state index contributed by atoms with van der Waals surface area (Å²) in [5.74, 6) is -0.199. The van der Waals surface area contributed by atoms with Crippen molar-refractivity contribution in [2.45, 2.75) is 24.0 Å². The van der Waals surface area contributed by atoms with Gasteiger partial charge in [-0.2, -0.15) is 0 Å². The number of hydrogen-bond acceptors (Lipinski definition) is 5. The summed E-state index contributed by atoms with van der Waals surface area (Å²) in [6.07, 6.45) is 1.84. The van der Waals surface area contributed by atoms with E-state index in [2.05, 4.69) is 0 Å². The monoisotopic (exact) mass is 354 g/mol. The topological polar surface area (TPSA) is 70.8 Å². The highest BCUT2D eigenvalue weighted by atomic mass is 32.2. The Bertz CT molecular complexity index is 793. The third kappa shape index (κ3) is 2.93. The second-order valence-electron chi connectivity index (χ2n) is 5.58. The fraction of sp³-hybridized carbons (Fsp3) is 0.400. The Hall–Kier alpha value is -1.64. The first-order valence-corrected chi connectivity index (χ1v) is 9.60. The molecule has 0 radical (unpaired) electrons. The number of furan rings is 1. The lowest BCUT2D eigenvalue weighted by atomic mass is 10.2. The molecule has 2 aromatic rings. The standard InChI is InChI=1S/C15H18N2O4S2/c1-16(2)23(19,20)14-8-7-12(21-14)15(18)17-9-3-5-11(17)13-6-4-10-22-13/h4,6-8,10-11H,3,5,9H2,1-2H3. The van der Waals surface area contributed by atoms with Crippen molar-refractivity contribution in [3.8, 4) is 0 Å². The van der Waals surface area contributed by atoms with Crippen molar-refractivity contribution in [2.75, 3.05) is 20.6 Å². The third-order valence-electron chi connectivity index (χ3n) is 3.91. The SMILES string of the molecule is CN(C)S(=O)(=O)c1ccc(C(=O)N2CCCC2c2cccs2)o1. The largest absolute Gasteiger partial charge is 0.438 e. The van der Waals surface area contributed by atoms with Crippen LogP contribution < -0.4 is 0 Å². The maximum absolute atomic E-state index is 12.7. The molecule has 1 unspecified atom stereocenters. The molecule has 6 nitrogen and oxygen atoms in total. The second kappa shape index (κ2) is 6.10. The third-order valence-corrected chi connectivity index (χ3v) is 6.58. The lowest BCUT2D eigenvalue weighted by Gasteiger charge is -2.22. The highest BCUT2D eigenvalue weighted by Gasteiger charge is 2.33. The van der Waals surface area contributed by atoms with Crippen molar-refractivity contribution in [3.63, 3.8) is 0 Å². The molecule has 1 aliphatic heterocycles. The predicted molar refractivity (Wildman–Crippen MR) is 86.9 cm³/mol. The zero-order valence-corrected chi connectivity index (χ0v) is 14.6. The van der Waals surface area contributed by atoms with Gasteiger partial charge in [0, 0.05) is 25.5 Å². The van der Waals surface area contributed by atoms with Gasteiger partial charge in [0.1, 0.15) is 0 Å². The number of carbonyl (C=O) groups excluding carboxylic acids is 1. The average molecular weight is 354 g/mol. The van der Waals surface area contributed by atoms with Gasteiger partial charge in [-0.15, -0.1) is 11.3 Å². The first-order chi connectivity index (χ1) is 10.9. The second-order valence-corrected chi connectivity index (χ2v) is 8.64. The molecule has 1 atom stereocenters. The fourth-order valence-electron chi connectivity index (χ4n) is 2.68. The van der Waals surface area contributed by atoms with Crippen molar-refractivity contribution in [2.24, 2.45) is 0 Å². The maximum Gasteiger partial charge on any atom is 0.290 e. The number of amides is 1. The number of likely N-dealkylation sites (tertiary alicyclic amines) is 1. The van der Waals surface area contributed by atoms with Crippen molar-refractivity contribution < 1.29 is 17.6 Å². The average Bonchev–Trinajstić information content (AvgIpc) is 3.25. The Kier molecular flexibility index (Phi) is 4.31. The van der Waals surface area contributed by atoms with Gasteiger partial charge in [0.2, 0.25) is 5.09 Å². The van der Waals surface area contributed by atoms with Gasteiger partial charge in [-0.05, 0) is 36.4 Å². The van der Waals surface area contributed by atoms with Crippen LogP contribution in [-0.4, -0.2) is 44.2 Å². The molecule has 3 rings (SSSR count). The molecule has 3 heterocycles. The van der Waals surface area contributed by atoms with Crippen molar-refractivity contribution >= 4 is 27.3 Å². The van der Waals surface area contributed by atoms with E-state index in [0.29, 0.717) is 6.54 Å². The van der Waals surface area contributed by atoms with Crippen LogP contribution in [0.2, 0.25) is 0 Å². The number of hydrogen-bond donors (Lipinski definition) is 0. The van der Waals surface area contributed by atoms with Crippen molar-refractivity contribution in [3.05, 3.63) is 40.3 Å². The van der Waals surface area contributed by atoms with Crippen LogP contribution in [-0.2, 0) is 10.0 Å². The van der Waals surface area contributed by atoms with E-state index < -0.39 is 10.0 Å². The number of thiophene rings is 1. The van der Waals surface area contributed by atoms with Gasteiger partial charge in [0.25, 0.3) is 15.9 Å². The van der Waals surface area contributed by atoms with Crippen LogP contribution in [0.3, 0.4) is 0 Å². The molecule has 0 aromatic carbocycles. The van der Waals surface area contributed by atoms with E-state index in [1.54, 1.807) is 16.2 Å². The summed E-state index contributed by atoms with van der Waals surface area (Å²) >= 11 is 1.62. The first kappa shape index (κ1) is 16.2. The molecule has 2 aromatic heterocycles. The number of nitrogens with zero attached hydrogens (tertiary/aromatic N) is 2. The number of rotatable bonds is 4. The van der Waals surface area contributed by atoms with Crippen LogP contribution >= 0.6 is 11.3 Å². The van der Waals surface area contributed by atoms with E-state index in [0.717, 1.165) is 22.0 Å². The molecular formula is C15H18N2O4S2. The quantitative estimate of drug-likeness (QED) is 0.846. The molecule has 124 valence electrons. The van der Waals surface area contributed by atoms with Gasteiger partial charge in [0.15, 0.2) is 5.76 Å². The molecule has 0 spiro atoms. The summed E-state index contributed by atoms with van der Waals surface area (Å²) in [5.41, 5.74) is 0. The summed E-state index contributed by atoms with van der Waals surface area (Å²) in [4.78, 5) is 15.6. The highest BCUT2D eigenvalue weighted by Crippen LogP contribution is 2.35. The fourth-order valence-corrected chi connectivity index (χ4v) is 4.35. The van der Waals surface area contributed by atoms with E-state index in [4.69, 9.17) is 4.42 Å². The van der Waals surface area contributed by atoms with Gasteiger partial charge in [-0.1, -0.05) is 6.07 Å². The summed E-state index contributed by atoms with van der Waals surface area (Å²) in [6, 6.07) is 6.79. The van der Waals surface area contributed by atoms with Gasteiger partial charge >= 0.3 is 0 Å². The molecule has 8 heteroatoms. The Morgan fingerprint density at radius 2 is 2.13 bits per heavy atom. The Balaban J connectivity index is 1.85. The van der Waals surface area contributed by atoms with Gasteiger partial charge in [-0.25, -0.2) is 12.7 Å². The molecule has 0 bridgehead atoms. The van der Waals surface area contributed by atoms with E-state index in [-0.39, 0.29) is 22.8 Å². The molecule has 0 saturated carbocycles. The smallest absolute Gasteiger partial charge is 0.290 e. The van der Waals surface area contributed by atoms with E-state index >= 15 is 0 Å². The van der Waals surface area contributed by atoms with Gasteiger partial charge < -0.3 is 9.32 Å². The van der Waals surface area contributed by atoms with Crippen LogP contribution in [0.5, 0.6) is 0 Å². The molecule has 0 aliphatic carbocycles. The van der Waals surface area contributed by atoms with Crippen molar-refractivity contribution in [1.82, 2.24) is 9.21 Å². The maximum atomic E-state index is 12.7. The zero-order chi connectivity index (χ0) is 16.6. The zero-order valence-electron chi connectivity index (χ0n) is 12.9. The summed E-state index contributed by atoms with van der Waals surface area (Å²) < 4.78 is 30.5. The van der Waals surface area contributed by atoms with E-state index in [1.165, 1.54) is 26.2 Å². The van der Waals surface area contributed by atoms with Gasteiger partial charge in [-0.3, -0.25) is 4.79 Å². The minimum Gasteiger partial charge on any atom is -0.438 e. The van der Waals surface area contributed by atoms with Crippen molar-refractivity contribution in [1.29, 1.82) is 0 Å². The molecular weight excluding hydrogens is 336 g/mol. The summed E-state index contributed by atoms with van der Waals surface area (Å²) in [7, 11) is -0.825. The molecule has 1 saturated heterocycles. The molecule has 1 aliphatic rings. The van der Waals surface area contributed by atoms with Crippen LogP contribution in [0.1, 0.15) is 34.3 Å². The lowest BCUT2D eigenvalue weighted by Crippen LogP contribution is -2.30. The van der Waals surface area contributed by atoms with Crippen LogP contribution in [0.25, 0.3) is 0 Å². The Labute approximate surface area is 139 Å².